The van der Waals surface area contributed by atoms with Crippen molar-refractivity contribution in [3.8, 4) is 5.88 Å². The van der Waals surface area contributed by atoms with Gasteiger partial charge in [-0.05, 0) is 32.8 Å². The van der Waals surface area contributed by atoms with Gasteiger partial charge in [0.2, 0.25) is 5.88 Å². The molecular weight excluding hydrogens is 302 g/mol. The van der Waals surface area contributed by atoms with Gasteiger partial charge in [0.25, 0.3) is 0 Å². The first-order valence-corrected chi connectivity index (χ1v) is 8.83. The average molecular weight is 333 g/mol. The first-order valence-electron chi connectivity index (χ1n) is 8.83. The molecule has 1 aromatic rings. The van der Waals surface area contributed by atoms with E-state index in [0.29, 0.717) is 37.0 Å². The topological polar surface area (TPSA) is 61.8 Å². The van der Waals surface area contributed by atoms with Crippen molar-refractivity contribution < 1.29 is 4.74 Å². The van der Waals surface area contributed by atoms with Crippen molar-refractivity contribution >= 4 is 5.96 Å². The van der Waals surface area contributed by atoms with Gasteiger partial charge in [-0.1, -0.05) is 13.0 Å². The fourth-order valence-electron chi connectivity index (χ4n) is 2.99. The van der Waals surface area contributed by atoms with E-state index in [1.807, 2.05) is 26.1 Å². The van der Waals surface area contributed by atoms with Crippen LogP contribution in [0.2, 0.25) is 0 Å². The summed E-state index contributed by atoms with van der Waals surface area (Å²) in [4.78, 5) is 11.2. The maximum atomic E-state index is 5.58. The molecule has 0 radical (unpaired) electrons. The number of aliphatic imine (C=N–C) groups is 1. The SMILES string of the molecule is CCOc1ncccc1CNC(=NC)NC1CN(C(C)C)CC1C. The molecule has 0 amide bonds. The molecule has 134 valence electrons. The molecule has 2 heterocycles. The summed E-state index contributed by atoms with van der Waals surface area (Å²) in [5, 5.41) is 6.93. The highest BCUT2D eigenvalue weighted by Crippen LogP contribution is 2.18. The lowest BCUT2D eigenvalue weighted by molar-refractivity contribution is 0.265. The third kappa shape index (κ3) is 4.84. The van der Waals surface area contributed by atoms with Crippen LogP contribution in [0.5, 0.6) is 5.88 Å². The molecule has 0 spiro atoms. The van der Waals surface area contributed by atoms with Crippen LogP contribution < -0.4 is 15.4 Å². The first-order chi connectivity index (χ1) is 11.5. The van der Waals surface area contributed by atoms with E-state index in [-0.39, 0.29) is 0 Å². The number of guanidine groups is 1. The Labute approximate surface area is 145 Å². The molecule has 0 saturated carbocycles. The standard InChI is InChI=1S/C18H31N5O/c1-6-24-17-15(8-7-9-20-17)10-21-18(19-5)22-16-12-23(13(2)3)11-14(16)4/h7-9,13-14,16H,6,10-12H2,1-5H3,(H2,19,21,22). The number of hydrogen-bond donors (Lipinski definition) is 2. The number of pyridine rings is 1. The van der Waals surface area contributed by atoms with E-state index >= 15 is 0 Å². The van der Waals surface area contributed by atoms with E-state index in [1.165, 1.54) is 0 Å². The van der Waals surface area contributed by atoms with E-state index in [1.54, 1.807) is 6.20 Å². The molecule has 0 aromatic carbocycles. The zero-order valence-corrected chi connectivity index (χ0v) is 15.5. The summed E-state index contributed by atoms with van der Waals surface area (Å²) in [6, 6.07) is 4.95. The first kappa shape index (κ1) is 18.5. The van der Waals surface area contributed by atoms with E-state index in [0.717, 1.165) is 24.6 Å². The predicted molar refractivity (Wildman–Crippen MR) is 98.4 cm³/mol. The smallest absolute Gasteiger partial charge is 0.218 e. The van der Waals surface area contributed by atoms with Gasteiger partial charge in [-0.25, -0.2) is 4.98 Å². The fourth-order valence-corrected chi connectivity index (χ4v) is 2.99. The monoisotopic (exact) mass is 333 g/mol. The quantitative estimate of drug-likeness (QED) is 0.615. The van der Waals surface area contributed by atoms with Gasteiger partial charge in [0.15, 0.2) is 5.96 Å². The molecule has 2 atom stereocenters. The summed E-state index contributed by atoms with van der Waals surface area (Å²) in [5.41, 5.74) is 1.03. The zero-order chi connectivity index (χ0) is 17.5. The van der Waals surface area contributed by atoms with E-state index < -0.39 is 0 Å². The molecule has 1 aliphatic heterocycles. The van der Waals surface area contributed by atoms with Gasteiger partial charge in [0.1, 0.15) is 0 Å². The van der Waals surface area contributed by atoms with Crippen molar-refractivity contribution in [3.05, 3.63) is 23.9 Å². The Kier molecular flexibility index (Phi) is 6.85. The highest BCUT2D eigenvalue weighted by atomic mass is 16.5. The Balaban J connectivity index is 1.92. The molecule has 1 fully saturated rings. The number of likely N-dealkylation sites (tertiary alicyclic amines) is 1. The molecule has 6 heteroatoms. The van der Waals surface area contributed by atoms with Gasteiger partial charge >= 0.3 is 0 Å². The van der Waals surface area contributed by atoms with Crippen LogP contribution in [0.1, 0.15) is 33.3 Å². The lowest BCUT2D eigenvalue weighted by Gasteiger charge is -2.22. The van der Waals surface area contributed by atoms with Crippen LogP contribution in [0, 0.1) is 5.92 Å². The average Bonchev–Trinajstić information content (AvgIpc) is 2.94. The Morgan fingerprint density at radius 3 is 2.88 bits per heavy atom. The molecule has 2 unspecified atom stereocenters. The molecule has 2 rings (SSSR count). The fraction of sp³-hybridized carbons (Fsp3) is 0.667. The Morgan fingerprint density at radius 2 is 2.25 bits per heavy atom. The van der Waals surface area contributed by atoms with E-state index in [4.69, 9.17) is 4.74 Å². The van der Waals surface area contributed by atoms with Crippen molar-refractivity contribution in [2.75, 3.05) is 26.7 Å². The molecule has 6 nitrogen and oxygen atoms in total. The van der Waals surface area contributed by atoms with Crippen LogP contribution in [-0.4, -0.2) is 54.7 Å². The normalized spacial score (nSPS) is 22.0. The molecule has 2 N–H and O–H groups in total. The van der Waals surface area contributed by atoms with Gasteiger partial charge in [-0.2, -0.15) is 0 Å². The summed E-state index contributed by atoms with van der Waals surface area (Å²) in [7, 11) is 1.81. The van der Waals surface area contributed by atoms with Crippen LogP contribution >= 0.6 is 0 Å². The Bertz CT molecular complexity index is 546. The number of aromatic nitrogens is 1. The van der Waals surface area contributed by atoms with Gasteiger partial charge in [-0.3, -0.25) is 9.89 Å². The number of ether oxygens (including phenoxy) is 1. The number of rotatable bonds is 6. The Morgan fingerprint density at radius 1 is 1.46 bits per heavy atom. The van der Waals surface area contributed by atoms with Crippen LogP contribution in [0.15, 0.2) is 23.3 Å². The second-order valence-corrected chi connectivity index (χ2v) is 6.60. The van der Waals surface area contributed by atoms with Crippen LogP contribution in [-0.2, 0) is 6.54 Å². The van der Waals surface area contributed by atoms with Crippen molar-refractivity contribution in [1.29, 1.82) is 0 Å². The molecule has 1 saturated heterocycles. The van der Waals surface area contributed by atoms with E-state index in [2.05, 4.69) is 46.3 Å². The van der Waals surface area contributed by atoms with Crippen LogP contribution in [0.25, 0.3) is 0 Å². The highest BCUT2D eigenvalue weighted by Gasteiger charge is 2.31. The van der Waals surface area contributed by atoms with E-state index in [9.17, 15) is 0 Å². The number of nitrogens with one attached hydrogen (secondary N) is 2. The molecule has 0 bridgehead atoms. The lowest BCUT2D eigenvalue weighted by Crippen LogP contribution is -2.46. The summed E-state index contributed by atoms with van der Waals surface area (Å²) in [6.07, 6.45) is 1.75. The summed E-state index contributed by atoms with van der Waals surface area (Å²) in [5.74, 6) is 2.11. The lowest BCUT2D eigenvalue weighted by atomic mass is 10.1. The predicted octanol–water partition coefficient (Wildman–Crippen LogP) is 1.87. The van der Waals surface area contributed by atoms with Gasteiger partial charge in [-0.15, -0.1) is 0 Å². The maximum absolute atomic E-state index is 5.58. The van der Waals surface area contributed by atoms with Gasteiger partial charge < -0.3 is 15.4 Å². The minimum Gasteiger partial charge on any atom is -0.478 e. The molecule has 1 aliphatic rings. The van der Waals surface area contributed by atoms with Crippen LogP contribution in [0.3, 0.4) is 0 Å². The molecule has 1 aromatic heterocycles. The molecule has 24 heavy (non-hydrogen) atoms. The minimum absolute atomic E-state index is 0.416. The zero-order valence-electron chi connectivity index (χ0n) is 15.5. The summed E-state index contributed by atoms with van der Waals surface area (Å²) >= 11 is 0. The number of hydrogen-bond acceptors (Lipinski definition) is 4. The number of nitrogens with zero attached hydrogens (tertiary/aromatic N) is 3. The third-order valence-electron chi connectivity index (χ3n) is 4.49. The Hall–Kier alpha value is -1.82. The minimum atomic E-state index is 0.416. The summed E-state index contributed by atoms with van der Waals surface area (Å²) in [6.45, 7) is 12.2. The van der Waals surface area contributed by atoms with Gasteiger partial charge in [0.05, 0.1) is 6.61 Å². The molecular formula is C18H31N5O. The van der Waals surface area contributed by atoms with Gasteiger partial charge in [0, 0.05) is 50.5 Å². The van der Waals surface area contributed by atoms with Crippen molar-refractivity contribution in [2.24, 2.45) is 10.9 Å². The largest absolute Gasteiger partial charge is 0.478 e. The van der Waals surface area contributed by atoms with Crippen molar-refractivity contribution in [2.45, 2.75) is 46.3 Å². The highest BCUT2D eigenvalue weighted by molar-refractivity contribution is 5.80. The van der Waals surface area contributed by atoms with Crippen molar-refractivity contribution in [3.63, 3.8) is 0 Å². The van der Waals surface area contributed by atoms with Crippen molar-refractivity contribution in [1.82, 2.24) is 20.5 Å². The summed E-state index contributed by atoms with van der Waals surface area (Å²) < 4.78 is 5.58. The third-order valence-corrected chi connectivity index (χ3v) is 4.49. The second kappa shape index (κ2) is 8.87. The molecule has 0 aliphatic carbocycles. The van der Waals surface area contributed by atoms with Crippen LogP contribution in [0.4, 0.5) is 0 Å². The maximum Gasteiger partial charge on any atom is 0.218 e. The second-order valence-electron chi connectivity index (χ2n) is 6.60.